The first-order valence-electron chi connectivity index (χ1n) is 8.37. The van der Waals surface area contributed by atoms with E-state index in [-0.39, 0.29) is 11.3 Å². The molecule has 3 rings (SSSR count). The number of ketones is 1. The maximum Gasteiger partial charge on any atom is 0.304 e. The van der Waals surface area contributed by atoms with Crippen LogP contribution >= 0.6 is 0 Å². The lowest BCUT2D eigenvalue weighted by Crippen LogP contribution is -2.64. The van der Waals surface area contributed by atoms with E-state index in [2.05, 4.69) is 0 Å². The van der Waals surface area contributed by atoms with Crippen LogP contribution in [0.1, 0.15) is 15.9 Å². The third-order valence-corrected chi connectivity index (χ3v) is 4.79. The lowest BCUT2D eigenvalue weighted by molar-refractivity contribution is -0.346. The van der Waals surface area contributed by atoms with Crippen LogP contribution in [0.2, 0.25) is 0 Å². The van der Waals surface area contributed by atoms with Gasteiger partial charge < -0.3 is 33.5 Å². The maximum atomic E-state index is 13.2. The zero-order valence-corrected chi connectivity index (χ0v) is 16.3. The minimum atomic E-state index is -2.46. The summed E-state index contributed by atoms with van der Waals surface area (Å²) in [4.78, 5) is 13.2. The molecule has 0 unspecified atom stereocenters. The standard InChI is InChI=1S/C20H22O8/c1-23-13-7-8-14-16(11-13)28-20(27-5,19(22,26-4)18(14)21)12-6-9-15(24-2)17(10-12)25-3/h6-11,22H,1-5H3/t19-,20-/m0/s1. The Labute approximate surface area is 162 Å². The monoisotopic (exact) mass is 390 g/mol. The van der Waals surface area contributed by atoms with Crippen LogP contribution in [0.15, 0.2) is 36.4 Å². The first-order valence-corrected chi connectivity index (χ1v) is 8.37. The van der Waals surface area contributed by atoms with Gasteiger partial charge in [-0.1, -0.05) is 0 Å². The van der Waals surface area contributed by atoms with Gasteiger partial charge in [0, 0.05) is 25.8 Å². The molecule has 2 aromatic rings. The number of hydrogen-bond acceptors (Lipinski definition) is 8. The highest BCUT2D eigenvalue weighted by Crippen LogP contribution is 2.48. The summed E-state index contributed by atoms with van der Waals surface area (Å²) in [6, 6.07) is 9.37. The molecule has 0 amide bonds. The molecule has 1 aliphatic heterocycles. The second-order valence-corrected chi connectivity index (χ2v) is 6.03. The average Bonchev–Trinajstić information content (AvgIpc) is 2.75. The molecule has 8 nitrogen and oxygen atoms in total. The van der Waals surface area contributed by atoms with E-state index in [1.54, 1.807) is 24.3 Å². The number of rotatable bonds is 6. The Morgan fingerprint density at radius 1 is 0.857 bits per heavy atom. The minimum Gasteiger partial charge on any atom is -0.497 e. The van der Waals surface area contributed by atoms with Crippen LogP contribution in [0.4, 0.5) is 0 Å². The molecule has 0 fully saturated rings. The summed E-state index contributed by atoms with van der Waals surface area (Å²) in [7, 11) is 6.97. The van der Waals surface area contributed by atoms with Crippen molar-refractivity contribution in [2.45, 2.75) is 11.6 Å². The first-order chi connectivity index (χ1) is 13.4. The molecule has 1 aliphatic rings. The highest BCUT2D eigenvalue weighted by Gasteiger charge is 2.65. The molecule has 0 aromatic heterocycles. The Kier molecular flexibility index (Phi) is 5.20. The highest BCUT2D eigenvalue weighted by molar-refractivity contribution is 6.05. The van der Waals surface area contributed by atoms with Gasteiger partial charge >= 0.3 is 5.79 Å². The van der Waals surface area contributed by atoms with Crippen molar-refractivity contribution in [2.75, 3.05) is 35.5 Å². The van der Waals surface area contributed by atoms with E-state index >= 15 is 0 Å². The normalized spacial score (nSPS) is 23.6. The average molecular weight is 390 g/mol. The molecule has 150 valence electrons. The molecule has 0 saturated carbocycles. The lowest BCUT2D eigenvalue weighted by atomic mass is 9.86. The summed E-state index contributed by atoms with van der Waals surface area (Å²) >= 11 is 0. The zero-order chi connectivity index (χ0) is 20.5. The summed E-state index contributed by atoms with van der Waals surface area (Å²) in [5.74, 6) is -3.68. The Morgan fingerprint density at radius 2 is 1.57 bits per heavy atom. The molecule has 0 radical (unpaired) electrons. The predicted octanol–water partition coefficient (Wildman–Crippen LogP) is 2.12. The molecule has 1 heterocycles. The van der Waals surface area contributed by atoms with Crippen molar-refractivity contribution in [1.29, 1.82) is 0 Å². The van der Waals surface area contributed by atoms with Crippen LogP contribution in [-0.2, 0) is 15.3 Å². The SMILES string of the molecule is COc1ccc2c(c1)O[C@@](OC)(c1ccc(OC)c(OC)c1)[C@@](O)(OC)C2=O. The number of carbonyl (C=O) groups excluding carboxylic acids is 1. The van der Waals surface area contributed by atoms with E-state index in [4.69, 9.17) is 28.4 Å². The molecule has 8 heteroatoms. The summed E-state index contributed by atoms with van der Waals surface area (Å²) in [6.45, 7) is 0. The second kappa shape index (κ2) is 7.31. The number of Topliss-reactive ketones (excluding diaryl/α,β-unsaturated/α-hetero) is 1. The van der Waals surface area contributed by atoms with Crippen LogP contribution in [0.25, 0.3) is 0 Å². The van der Waals surface area contributed by atoms with Crippen LogP contribution in [0, 0.1) is 0 Å². The van der Waals surface area contributed by atoms with E-state index in [0.29, 0.717) is 22.8 Å². The maximum absolute atomic E-state index is 13.2. The molecular formula is C20H22O8. The van der Waals surface area contributed by atoms with Crippen molar-refractivity contribution >= 4 is 5.78 Å². The van der Waals surface area contributed by atoms with E-state index < -0.39 is 17.4 Å². The Balaban J connectivity index is 2.26. The van der Waals surface area contributed by atoms with Gasteiger partial charge in [0.1, 0.15) is 11.5 Å². The quantitative estimate of drug-likeness (QED) is 0.750. The Morgan fingerprint density at radius 3 is 2.14 bits per heavy atom. The van der Waals surface area contributed by atoms with Crippen molar-refractivity contribution in [3.63, 3.8) is 0 Å². The van der Waals surface area contributed by atoms with Gasteiger partial charge in [-0.05, 0) is 30.3 Å². The summed E-state index contributed by atoms with van der Waals surface area (Å²) in [5, 5.41) is 11.3. The summed E-state index contributed by atoms with van der Waals surface area (Å²) < 4.78 is 32.7. The van der Waals surface area contributed by atoms with E-state index in [1.165, 1.54) is 47.7 Å². The van der Waals surface area contributed by atoms with Crippen LogP contribution in [0.3, 0.4) is 0 Å². The van der Waals surface area contributed by atoms with E-state index in [1.807, 2.05) is 0 Å². The fourth-order valence-electron chi connectivity index (χ4n) is 3.28. The molecule has 28 heavy (non-hydrogen) atoms. The van der Waals surface area contributed by atoms with Crippen LogP contribution in [-0.4, -0.2) is 52.2 Å². The fraction of sp³-hybridized carbons (Fsp3) is 0.350. The first kappa shape index (κ1) is 19.9. The Bertz CT molecular complexity index is 896. The number of aliphatic hydroxyl groups is 1. The zero-order valence-electron chi connectivity index (χ0n) is 16.3. The molecular weight excluding hydrogens is 368 g/mol. The predicted molar refractivity (Wildman–Crippen MR) is 98.1 cm³/mol. The number of hydrogen-bond donors (Lipinski definition) is 1. The molecule has 0 spiro atoms. The van der Waals surface area contributed by atoms with E-state index in [0.717, 1.165) is 0 Å². The molecule has 2 atom stereocenters. The number of benzene rings is 2. The summed E-state index contributed by atoms with van der Waals surface area (Å²) in [5.41, 5.74) is 0.428. The van der Waals surface area contributed by atoms with Crippen LogP contribution < -0.4 is 18.9 Å². The van der Waals surface area contributed by atoms with Gasteiger partial charge in [-0.2, -0.15) is 0 Å². The van der Waals surface area contributed by atoms with Gasteiger partial charge in [-0.3, -0.25) is 4.79 Å². The molecule has 0 saturated heterocycles. The van der Waals surface area contributed by atoms with Gasteiger partial charge in [0.25, 0.3) is 5.79 Å². The van der Waals surface area contributed by atoms with Gasteiger partial charge in [0.2, 0.25) is 5.78 Å². The second-order valence-electron chi connectivity index (χ2n) is 6.03. The minimum absolute atomic E-state index is 0.137. The number of methoxy groups -OCH3 is 5. The van der Waals surface area contributed by atoms with Gasteiger partial charge in [0.05, 0.1) is 26.9 Å². The van der Waals surface area contributed by atoms with Gasteiger partial charge in [0.15, 0.2) is 11.5 Å². The van der Waals surface area contributed by atoms with Crippen molar-refractivity contribution in [3.05, 3.63) is 47.5 Å². The Hall–Kier alpha value is -2.81. The highest BCUT2D eigenvalue weighted by atomic mass is 16.8. The van der Waals surface area contributed by atoms with Crippen LogP contribution in [0.5, 0.6) is 23.0 Å². The van der Waals surface area contributed by atoms with Crippen molar-refractivity contribution in [2.24, 2.45) is 0 Å². The van der Waals surface area contributed by atoms with Crippen molar-refractivity contribution in [1.82, 2.24) is 0 Å². The fourth-order valence-corrected chi connectivity index (χ4v) is 3.28. The largest absolute Gasteiger partial charge is 0.497 e. The molecule has 2 aromatic carbocycles. The third kappa shape index (κ3) is 2.69. The topological polar surface area (TPSA) is 92.7 Å². The number of ether oxygens (including phenoxy) is 6. The number of carbonyl (C=O) groups is 1. The van der Waals surface area contributed by atoms with Crippen molar-refractivity contribution in [3.8, 4) is 23.0 Å². The van der Waals surface area contributed by atoms with Gasteiger partial charge in [-0.15, -0.1) is 0 Å². The lowest BCUT2D eigenvalue weighted by Gasteiger charge is -2.46. The van der Waals surface area contributed by atoms with Gasteiger partial charge in [-0.25, -0.2) is 0 Å². The summed E-state index contributed by atoms with van der Waals surface area (Å²) in [6.07, 6.45) is 0. The molecule has 0 bridgehead atoms. The molecule has 0 aliphatic carbocycles. The smallest absolute Gasteiger partial charge is 0.304 e. The third-order valence-electron chi connectivity index (χ3n) is 4.79. The number of fused-ring (bicyclic) bond motifs is 1. The molecule has 1 N–H and O–H groups in total. The van der Waals surface area contributed by atoms with E-state index in [9.17, 15) is 9.90 Å². The van der Waals surface area contributed by atoms with Crippen molar-refractivity contribution < 1.29 is 38.3 Å².